The molecule has 34 heavy (non-hydrogen) atoms. The number of piperidine rings is 1. The van der Waals surface area contributed by atoms with Gasteiger partial charge in [-0.25, -0.2) is 8.42 Å². The molecule has 180 valence electrons. The number of carbonyl (C=O) groups excluding carboxylic acids is 1. The first-order valence-electron chi connectivity index (χ1n) is 11.3. The fraction of sp³-hybridized carbons (Fsp3) is 0.375. The first kappa shape index (κ1) is 23.9. The number of benzene rings is 2. The van der Waals surface area contributed by atoms with Crippen LogP contribution in [-0.4, -0.2) is 48.5 Å². The maximum Gasteiger partial charge on any atom is 0.246 e. The molecule has 2 heterocycles. The lowest BCUT2D eigenvalue weighted by atomic mass is 9.97. The predicted molar refractivity (Wildman–Crippen MR) is 125 cm³/mol. The molecule has 0 radical (unpaired) electrons. The van der Waals surface area contributed by atoms with Gasteiger partial charge in [0, 0.05) is 24.6 Å². The zero-order valence-electron chi connectivity index (χ0n) is 19.2. The van der Waals surface area contributed by atoms with Crippen LogP contribution in [-0.2, 0) is 21.4 Å². The van der Waals surface area contributed by atoms with Crippen LogP contribution in [0.1, 0.15) is 31.2 Å². The van der Waals surface area contributed by atoms with Crippen LogP contribution in [0.25, 0.3) is 11.4 Å². The molecule has 0 unspecified atom stereocenters. The average Bonchev–Trinajstić information content (AvgIpc) is 3.33. The highest BCUT2D eigenvalue weighted by Gasteiger charge is 2.32. The zero-order chi connectivity index (χ0) is 24.1. The summed E-state index contributed by atoms with van der Waals surface area (Å²) in [5, 5.41) is 6.80. The number of carbonyl (C=O) groups is 1. The van der Waals surface area contributed by atoms with Crippen LogP contribution in [0.3, 0.4) is 0 Å². The number of aromatic nitrogens is 2. The molecule has 2 aromatic carbocycles. The van der Waals surface area contributed by atoms with Crippen LogP contribution in [0, 0.1) is 12.8 Å². The molecule has 1 N–H and O–H groups in total. The Morgan fingerprint density at radius 2 is 1.79 bits per heavy atom. The van der Waals surface area contributed by atoms with Gasteiger partial charge in [-0.05, 0) is 63.1 Å². The second kappa shape index (κ2) is 10.4. The molecule has 0 saturated carbocycles. The second-order valence-corrected chi connectivity index (χ2v) is 10.1. The minimum absolute atomic E-state index is 0.116. The number of rotatable bonds is 8. The van der Waals surface area contributed by atoms with E-state index < -0.39 is 10.0 Å². The molecule has 0 atom stereocenters. The summed E-state index contributed by atoms with van der Waals surface area (Å²) in [5.41, 5.74) is 1.79. The summed E-state index contributed by atoms with van der Waals surface area (Å²) in [4.78, 5) is 17.2. The minimum atomic E-state index is -3.55. The fourth-order valence-corrected chi connectivity index (χ4v) is 5.31. The molecule has 0 aliphatic carbocycles. The Balaban J connectivity index is 1.28. The fourth-order valence-electron chi connectivity index (χ4n) is 3.84. The number of nitrogens with zero attached hydrogens (tertiary/aromatic N) is 3. The highest BCUT2D eigenvalue weighted by atomic mass is 32.2. The van der Waals surface area contributed by atoms with E-state index in [2.05, 4.69) is 15.5 Å². The Labute approximate surface area is 199 Å². The Morgan fingerprint density at radius 3 is 2.44 bits per heavy atom. The largest absolute Gasteiger partial charge is 0.494 e. The van der Waals surface area contributed by atoms with Gasteiger partial charge in [-0.3, -0.25) is 4.79 Å². The number of hydrogen-bond donors (Lipinski definition) is 1. The lowest BCUT2D eigenvalue weighted by molar-refractivity contribution is -0.126. The summed E-state index contributed by atoms with van der Waals surface area (Å²) in [6, 6.07) is 14.2. The molecule has 1 fully saturated rings. The van der Waals surface area contributed by atoms with Gasteiger partial charge in [0.1, 0.15) is 5.75 Å². The normalized spacial score (nSPS) is 15.2. The second-order valence-electron chi connectivity index (χ2n) is 8.18. The van der Waals surface area contributed by atoms with Crippen LogP contribution < -0.4 is 10.1 Å². The Morgan fingerprint density at radius 1 is 1.12 bits per heavy atom. The van der Waals surface area contributed by atoms with Gasteiger partial charge in [0.05, 0.1) is 18.0 Å². The van der Waals surface area contributed by atoms with Gasteiger partial charge in [-0.2, -0.15) is 9.29 Å². The lowest BCUT2D eigenvalue weighted by Gasteiger charge is -2.30. The van der Waals surface area contributed by atoms with Crippen LogP contribution >= 0.6 is 0 Å². The number of ether oxygens (including phenoxy) is 1. The first-order chi connectivity index (χ1) is 16.4. The molecule has 0 spiro atoms. The molecule has 0 bridgehead atoms. The molecular formula is C24H28N4O5S. The third-order valence-corrected chi connectivity index (χ3v) is 7.70. The van der Waals surface area contributed by atoms with Crippen molar-refractivity contribution >= 4 is 15.9 Å². The molecule has 1 aromatic heterocycles. The van der Waals surface area contributed by atoms with E-state index in [0.29, 0.717) is 44.3 Å². The lowest BCUT2D eigenvalue weighted by Crippen LogP contribution is -2.42. The Bertz CT molecular complexity index is 1220. The summed E-state index contributed by atoms with van der Waals surface area (Å²) < 4.78 is 37.8. The molecule has 9 nitrogen and oxygen atoms in total. The van der Waals surface area contributed by atoms with Crippen molar-refractivity contribution in [2.75, 3.05) is 19.7 Å². The highest BCUT2D eigenvalue weighted by Crippen LogP contribution is 2.24. The smallest absolute Gasteiger partial charge is 0.246 e. The third kappa shape index (κ3) is 5.45. The quantitative estimate of drug-likeness (QED) is 0.522. The summed E-state index contributed by atoms with van der Waals surface area (Å²) >= 11 is 0. The minimum Gasteiger partial charge on any atom is -0.494 e. The number of sulfonamides is 1. The van der Waals surface area contributed by atoms with Crippen LogP contribution in [0.2, 0.25) is 0 Å². The van der Waals surface area contributed by atoms with Crippen LogP contribution in [0.5, 0.6) is 5.75 Å². The maximum atomic E-state index is 12.8. The van der Waals surface area contributed by atoms with E-state index in [-0.39, 0.29) is 23.3 Å². The van der Waals surface area contributed by atoms with Gasteiger partial charge in [0.25, 0.3) is 0 Å². The summed E-state index contributed by atoms with van der Waals surface area (Å²) in [6.45, 7) is 5.14. The van der Waals surface area contributed by atoms with Crippen molar-refractivity contribution in [3.63, 3.8) is 0 Å². The van der Waals surface area contributed by atoms with E-state index in [4.69, 9.17) is 9.26 Å². The number of hydrogen-bond acceptors (Lipinski definition) is 7. The van der Waals surface area contributed by atoms with Crippen molar-refractivity contribution in [2.24, 2.45) is 5.92 Å². The van der Waals surface area contributed by atoms with Gasteiger partial charge in [0.15, 0.2) is 0 Å². The maximum absolute atomic E-state index is 12.8. The predicted octanol–water partition coefficient (Wildman–Crippen LogP) is 3.16. The SMILES string of the molecule is CCOc1ccc(-c2noc(CNC(=O)C3CCN(S(=O)(=O)c4ccc(C)cc4)CC3)n2)cc1. The van der Waals surface area contributed by atoms with Crippen molar-refractivity contribution in [2.45, 2.75) is 38.1 Å². The van der Waals surface area contributed by atoms with E-state index in [1.54, 1.807) is 24.3 Å². The van der Waals surface area contributed by atoms with Gasteiger partial charge < -0.3 is 14.6 Å². The summed E-state index contributed by atoms with van der Waals surface area (Å²) in [7, 11) is -3.55. The van der Waals surface area contributed by atoms with Gasteiger partial charge >= 0.3 is 0 Å². The Hall–Kier alpha value is -3.24. The highest BCUT2D eigenvalue weighted by molar-refractivity contribution is 7.89. The van der Waals surface area contributed by atoms with E-state index >= 15 is 0 Å². The van der Waals surface area contributed by atoms with E-state index in [9.17, 15) is 13.2 Å². The molecule has 10 heteroatoms. The number of aryl methyl sites for hydroxylation is 1. The van der Waals surface area contributed by atoms with Crippen molar-refractivity contribution in [3.05, 3.63) is 60.0 Å². The third-order valence-electron chi connectivity index (χ3n) is 5.79. The molecule has 4 rings (SSSR count). The van der Waals surface area contributed by atoms with E-state index in [1.807, 2.05) is 38.1 Å². The molecular weight excluding hydrogens is 456 g/mol. The standard InChI is InChI=1S/C24H28N4O5S/c1-3-32-20-8-6-18(7-9-20)23-26-22(33-27-23)16-25-24(29)19-12-14-28(15-13-19)34(30,31)21-10-4-17(2)5-11-21/h4-11,19H,3,12-16H2,1-2H3,(H,25,29). The average molecular weight is 485 g/mol. The van der Waals surface area contributed by atoms with Crippen molar-refractivity contribution in [1.29, 1.82) is 0 Å². The Kier molecular flexibility index (Phi) is 7.28. The molecule has 3 aromatic rings. The molecule has 1 aliphatic rings. The summed E-state index contributed by atoms with van der Waals surface area (Å²) in [6.07, 6.45) is 0.913. The molecule has 1 amide bonds. The van der Waals surface area contributed by atoms with Gasteiger partial charge in [-0.15, -0.1) is 0 Å². The van der Waals surface area contributed by atoms with Crippen LogP contribution in [0.15, 0.2) is 57.9 Å². The topological polar surface area (TPSA) is 115 Å². The molecule has 1 saturated heterocycles. The van der Waals surface area contributed by atoms with Crippen molar-refractivity contribution < 1.29 is 22.5 Å². The number of nitrogens with one attached hydrogen (secondary N) is 1. The number of amides is 1. The van der Waals surface area contributed by atoms with Crippen molar-refractivity contribution in [3.8, 4) is 17.1 Å². The van der Waals surface area contributed by atoms with Gasteiger partial charge in [0.2, 0.25) is 27.6 Å². The summed E-state index contributed by atoms with van der Waals surface area (Å²) in [5.74, 6) is 1.09. The zero-order valence-corrected chi connectivity index (χ0v) is 20.0. The first-order valence-corrected chi connectivity index (χ1v) is 12.7. The van der Waals surface area contributed by atoms with Crippen LogP contribution in [0.4, 0.5) is 0 Å². The van der Waals surface area contributed by atoms with E-state index in [1.165, 1.54) is 4.31 Å². The van der Waals surface area contributed by atoms with Crippen molar-refractivity contribution in [1.82, 2.24) is 19.8 Å². The monoisotopic (exact) mass is 484 g/mol. The molecule has 1 aliphatic heterocycles. The van der Waals surface area contributed by atoms with E-state index in [0.717, 1.165) is 16.9 Å². The van der Waals surface area contributed by atoms with Gasteiger partial charge in [-0.1, -0.05) is 22.9 Å².